The highest BCUT2D eigenvalue weighted by atomic mass is 16.5. The molecular weight excluding hydrogens is 348 g/mol. The first-order valence-corrected chi connectivity index (χ1v) is 8.91. The first kappa shape index (κ1) is 18.8. The third kappa shape index (κ3) is 4.43. The smallest absolute Gasteiger partial charge is 0.259 e. The molecule has 2 aromatic heterocycles. The predicted molar refractivity (Wildman–Crippen MR) is 100 cm³/mol. The molecule has 3 N–H and O–H groups in total. The number of nitrogen functional groups attached to an aromatic ring is 1. The zero-order valence-electron chi connectivity index (χ0n) is 15.5. The molecule has 0 aromatic carbocycles. The van der Waals surface area contributed by atoms with Crippen LogP contribution in [0.1, 0.15) is 29.4 Å². The SMILES string of the molecule is CCOc1ncccc1C(=O)N1CCC(N(C)Cc2cc(=O)[nH]c(N)n2)C1. The molecule has 1 saturated heterocycles. The van der Waals surface area contributed by atoms with Gasteiger partial charge in [0.1, 0.15) is 5.56 Å². The second-order valence-electron chi connectivity index (χ2n) is 6.52. The van der Waals surface area contributed by atoms with Gasteiger partial charge in [-0.3, -0.25) is 19.5 Å². The molecule has 144 valence electrons. The Morgan fingerprint density at radius 1 is 1.52 bits per heavy atom. The van der Waals surface area contributed by atoms with Crippen LogP contribution in [0.5, 0.6) is 5.88 Å². The number of hydrogen-bond acceptors (Lipinski definition) is 7. The van der Waals surface area contributed by atoms with Crippen LogP contribution in [-0.4, -0.2) is 63.4 Å². The molecule has 1 unspecified atom stereocenters. The van der Waals surface area contributed by atoms with Gasteiger partial charge in [0, 0.05) is 37.9 Å². The fourth-order valence-corrected chi connectivity index (χ4v) is 3.26. The van der Waals surface area contributed by atoms with Gasteiger partial charge in [0.15, 0.2) is 0 Å². The van der Waals surface area contributed by atoms with E-state index in [4.69, 9.17) is 10.5 Å². The Morgan fingerprint density at radius 3 is 3.07 bits per heavy atom. The molecule has 0 spiro atoms. The number of carbonyl (C=O) groups is 1. The standard InChI is InChI=1S/C18H24N6O3/c1-3-27-16-14(5-4-7-20-16)17(26)24-8-6-13(11-24)23(2)10-12-9-15(25)22-18(19)21-12/h4-5,7,9,13H,3,6,8,10-11H2,1-2H3,(H3,19,21,22,25). The van der Waals surface area contributed by atoms with Crippen LogP contribution in [0.4, 0.5) is 5.95 Å². The number of carbonyl (C=O) groups excluding carboxylic acids is 1. The number of aromatic nitrogens is 3. The summed E-state index contributed by atoms with van der Waals surface area (Å²) in [7, 11) is 1.95. The molecule has 1 amide bonds. The zero-order valence-corrected chi connectivity index (χ0v) is 15.5. The summed E-state index contributed by atoms with van der Waals surface area (Å²) >= 11 is 0. The molecule has 9 heteroatoms. The summed E-state index contributed by atoms with van der Waals surface area (Å²) < 4.78 is 5.47. The van der Waals surface area contributed by atoms with Crippen molar-refractivity contribution in [3.63, 3.8) is 0 Å². The second kappa shape index (κ2) is 8.17. The van der Waals surface area contributed by atoms with E-state index in [9.17, 15) is 9.59 Å². The maximum atomic E-state index is 12.9. The molecule has 3 heterocycles. The van der Waals surface area contributed by atoms with Gasteiger partial charge in [0.2, 0.25) is 11.8 Å². The molecule has 0 bridgehead atoms. The van der Waals surface area contributed by atoms with Crippen molar-refractivity contribution in [1.29, 1.82) is 0 Å². The Bertz CT molecular complexity index is 868. The number of nitrogens with two attached hydrogens (primary N) is 1. The van der Waals surface area contributed by atoms with Gasteiger partial charge in [0.05, 0.1) is 12.3 Å². The maximum absolute atomic E-state index is 12.9. The van der Waals surface area contributed by atoms with E-state index in [2.05, 4.69) is 19.9 Å². The molecule has 0 radical (unpaired) electrons. The number of nitrogens with zero attached hydrogens (tertiary/aromatic N) is 4. The van der Waals surface area contributed by atoms with Gasteiger partial charge in [-0.1, -0.05) is 0 Å². The highest BCUT2D eigenvalue weighted by Crippen LogP contribution is 2.22. The molecular formula is C18H24N6O3. The van der Waals surface area contributed by atoms with Gasteiger partial charge in [-0.05, 0) is 32.5 Å². The molecule has 1 fully saturated rings. The molecule has 1 atom stereocenters. The molecule has 9 nitrogen and oxygen atoms in total. The Morgan fingerprint density at radius 2 is 2.33 bits per heavy atom. The Labute approximate surface area is 157 Å². The molecule has 0 aliphatic carbocycles. The summed E-state index contributed by atoms with van der Waals surface area (Å²) in [6.07, 6.45) is 2.45. The van der Waals surface area contributed by atoms with Crippen LogP contribution in [0.3, 0.4) is 0 Å². The Balaban J connectivity index is 1.65. The quantitative estimate of drug-likeness (QED) is 0.758. The molecule has 1 aliphatic heterocycles. The fraction of sp³-hybridized carbons (Fsp3) is 0.444. The van der Waals surface area contributed by atoms with Crippen molar-refractivity contribution in [2.75, 3.05) is 32.5 Å². The zero-order chi connectivity index (χ0) is 19.4. The number of amides is 1. The lowest BCUT2D eigenvalue weighted by Gasteiger charge is -2.24. The molecule has 3 rings (SSSR count). The summed E-state index contributed by atoms with van der Waals surface area (Å²) in [6.45, 7) is 4.04. The van der Waals surface area contributed by atoms with Gasteiger partial charge in [-0.2, -0.15) is 0 Å². The van der Waals surface area contributed by atoms with Crippen molar-refractivity contribution < 1.29 is 9.53 Å². The second-order valence-corrected chi connectivity index (χ2v) is 6.52. The van der Waals surface area contributed by atoms with Crippen molar-refractivity contribution in [2.24, 2.45) is 0 Å². The first-order chi connectivity index (χ1) is 13.0. The van der Waals surface area contributed by atoms with Gasteiger partial charge in [0.25, 0.3) is 11.5 Å². The fourth-order valence-electron chi connectivity index (χ4n) is 3.26. The summed E-state index contributed by atoms with van der Waals surface area (Å²) in [4.78, 5) is 39.0. The lowest BCUT2D eigenvalue weighted by atomic mass is 10.2. The van der Waals surface area contributed by atoms with Crippen molar-refractivity contribution >= 4 is 11.9 Å². The highest BCUT2D eigenvalue weighted by Gasteiger charge is 2.31. The summed E-state index contributed by atoms with van der Waals surface area (Å²) in [5.74, 6) is 0.389. The minimum absolute atomic E-state index is 0.0824. The lowest BCUT2D eigenvalue weighted by molar-refractivity contribution is 0.0774. The molecule has 27 heavy (non-hydrogen) atoms. The number of aromatic amines is 1. The monoisotopic (exact) mass is 372 g/mol. The number of H-pyrrole nitrogens is 1. The normalized spacial score (nSPS) is 16.7. The number of hydrogen-bond donors (Lipinski definition) is 2. The summed E-state index contributed by atoms with van der Waals surface area (Å²) in [5.41, 5.74) is 6.41. The molecule has 0 saturated carbocycles. The van der Waals surface area contributed by atoms with Crippen molar-refractivity contribution in [1.82, 2.24) is 24.8 Å². The van der Waals surface area contributed by atoms with Crippen LogP contribution in [0.15, 0.2) is 29.2 Å². The van der Waals surface area contributed by atoms with Crippen LogP contribution in [0.25, 0.3) is 0 Å². The van der Waals surface area contributed by atoms with Gasteiger partial charge in [-0.25, -0.2) is 9.97 Å². The van der Waals surface area contributed by atoms with Crippen molar-refractivity contribution in [3.8, 4) is 5.88 Å². The maximum Gasteiger partial charge on any atom is 0.259 e. The Kier molecular flexibility index (Phi) is 5.70. The number of rotatable bonds is 6. The van der Waals surface area contributed by atoms with E-state index < -0.39 is 0 Å². The van der Waals surface area contributed by atoms with Crippen molar-refractivity contribution in [3.05, 3.63) is 46.0 Å². The van der Waals surface area contributed by atoms with E-state index >= 15 is 0 Å². The van der Waals surface area contributed by atoms with Gasteiger partial charge < -0.3 is 15.4 Å². The number of likely N-dealkylation sites (N-methyl/N-ethyl adjacent to an activating group) is 1. The van der Waals surface area contributed by atoms with Crippen LogP contribution in [-0.2, 0) is 6.54 Å². The molecule has 2 aromatic rings. The van der Waals surface area contributed by atoms with E-state index in [0.717, 1.165) is 6.42 Å². The third-order valence-electron chi connectivity index (χ3n) is 4.58. The Hall–Kier alpha value is -2.94. The van der Waals surface area contributed by atoms with E-state index in [1.54, 1.807) is 23.2 Å². The summed E-state index contributed by atoms with van der Waals surface area (Å²) in [6, 6.07) is 5.08. The van der Waals surface area contributed by atoms with Crippen molar-refractivity contribution in [2.45, 2.75) is 25.9 Å². The largest absolute Gasteiger partial charge is 0.477 e. The first-order valence-electron chi connectivity index (χ1n) is 8.91. The van der Waals surface area contributed by atoms with Crippen LogP contribution < -0.4 is 16.0 Å². The third-order valence-corrected chi connectivity index (χ3v) is 4.58. The molecule has 1 aliphatic rings. The minimum Gasteiger partial charge on any atom is -0.477 e. The lowest BCUT2D eigenvalue weighted by Crippen LogP contribution is -2.36. The van der Waals surface area contributed by atoms with E-state index in [-0.39, 0.29) is 23.5 Å². The predicted octanol–water partition coefficient (Wildman–Crippen LogP) is 0.492. The van der Waals surface area contributed by atoms with E-state index in [1.807, 2.05) is 14.0 Å². The average Bonchev–Trinajstić information content (AvgIpc) is 3.11. The highest BCUT2D eigenvalue weighted by molar-refractivity contribution is 5.96. The van der Waals surface area contributed by atoms with Gasteiger partial charge >= 0.3 is 0 Å². The van der Waals surface area contributed by atoms with E-state index in [1.165, 1.54) is 6.07 Å². The van der Waals surface area contributed by atoms with Crippen LogP contribution in [0.2, 0.25) is 0 Å². The number of nitrogens with one attached hydrogen (secondary N) is 1. The number of pyridine rings is 1. The van der Waals surface area contributed by atoms with Crippen LogP contribution in [0, 0.1) is 0 Å². The van der Waals surface area contributed by atoms with E-state index in [0.29, 0.717) is 43.4 Å². The average molecular weight is 372 g/mol. The van der Waals surface area contributed by atoms with Gasteiger partial charge in [-0.15, -0.1) is 0 Å². The summed E-state index contributed by atoms with van der Waals surface area (Å²) in [5, 5.41) is 0. The topological polar surface area (TPSA) is 117 Å². The van der Waals surface area contributed by atoms with Crippen LogP contribution >= 0.6 is 0 Å². The minimum atomic E-state index is -0.269. The number of anilines is 1. The number of ether oxygens (including phenoxy) is 1. The number of likely N-dealkylation sites (tertiary alicyclic amines) is 1.